The van der Waals surface area contributed by atoms with Crippen LogP contribution in [0, 0.1) is 0 Å². The minimum Gasteiger partial charge on any atom is -0.507 e. The van der Waals surface area contributed by atoms with Gasteiger partial charge in [-0.15, -0.1) is 0 Å². The van der Waals surface area contributed by atoms with Gasteiger partial charge < -0.3 is 46.1 Å². The predicted octanol–water partition coefficient (Wildman–Crippen LogP) is 2.98. The molecule has 0 aromatic heterocycles. The first-order valence-electron chi connectivity index (χ1n) is 15.9. The van der Waals surface area contributed by atoms with Crippen molar-refractivity contribution in [1.29, 1.82) is 0 Å². The summed E-state index contributed by atoms with van der Waals surface area (Å²) in [4.78, 5) is 40.7. The second-order valence-electron chi connectivity index (χ2n) is 12.3. The van der Waals surface area contributed by atoms with E-state index in [0.717, 1.165) is 5.56 Å². The van der Waals surface area contributed by atoms with E-state index in [1.54, 1.807) is 36.4 Å². The van der Waals surface area contributed by atoms with Crippen molar-refractivity contribution in [2.24, 2.45) is 11.5 Å². The molecule has 0 radical (unpaired) electrons. The molecular formula is C38H36N2O10. The molecule has 258 valence electrons. The Balaban J connectivity index is 1.52. The molecule has 1 fully saturated rings. The predicted molar refractivity (Wildman–Crippen MR) is 181 cm³/mol. The molecule has 8 N–H and O–H groups in total. The average Bonchev–Trinajstić information content (AvgIpc) is 3.09. The van der Waals surface area contributed by atoms with Gasteiger partial charge in [0.2, 0.25) is 6.29 Å². The minimum atomic E-state index is -1.72. The highest BCUT2D eigenvalue weighted by Crippen LogP contribution is 2.44. The number of aliphatic hydroxyl groups is 3. The van der Waals surface area contributed by atoms with E-state index in [9.17, 15) is 34.8 Å². The zero-order chi connectivity index (χ0) is 35.9. The molecule has 0 unspecified atom stereocenters. The number of carbonyl (C=O) groups excluding carboxylic acids is 3. The van der Waals surface area contributed by atoms with Crippen LogP contribution < -0.4 is 20.9 Å². The van der Waals surface area contributed by atoms with E-state index in [-0.39, 0.29) is 51.3 Å². The molecule has 1 heterocycles. The zero-order valence-corrected chi connectivity index (χ0v) is 27.1. The summed E-state index contributed by atoms with van der Waals surface area (Å²) in [7, 11) is 0. The molecule has 4 aromatic carbocycles. The highest BCUT2D eigenvalue weighted by Gasteiger charge is 2.44. The van der Waals surface area contributed by atoms with Crippen LogP contribution in [0.15, 0.2) is 72.8 Å². The quantitative estimate of drug-likeness (QED) is 0.0605. The standard InChI is InChI=1S/C38H36N2O10/c1-18-31(42)35(46)36(47)38(48-18)50-28-17-26-30(33(44)25(28)16-21-9-6-10-22(15-21)37(39)40)32(43)24-13-14-27(49-19(2)41)23(29(24)34(26)45)12-11-20-7-4-3-5-8-20/h3-15,17-18,31,35-38,42,44,46-47H,16,39-40H2,1-2H3/b12-11+/t18-,31+,35+,36+,38+/m0/s1. The maximum absolute atomic E-state index is 14.4. The van der Waals surface area contributed by atoms with Gasteiger partial charge in [0, 0.05) is 41.2 Å². The van der Waals surface area contributed by atoms with Gasteiger partial charge >= 0.3 is 5.97 Å². The van der Waals surface area contributed by atoms with Crippen LogP contribution in [-0.2, 0) is 16.0 Å². The van der Waals surface area contributed by atoms with E-state index in [1.165, 1.54) is 32.0 Å². The van der Waals surface area contributed by atoms with Crippen LogP contribution in [0.3, 0.4) is 0 Å². The molecule has 1 aliphatic heterocycles. The average molecular weight is 681 g/mol. The Bertz CT molecular complexity index is 2010. The lowest BCUT2D eigenvalue weighted by Gasteiger charge is -2.39. The molecule has 0 spiro atoms. The Labute approximate surface area is 287 Å². The Kier molecular flexibility index (Phi) is 9.67. The van der Waals surface area contributed by atoms with Gasteiger partial charge in [-0.1, -0.05) is 60.7 Å². The van der Waals surface area contributed by atoms with Gasteiger partial charge in [0.15, 0.2) is 11.6 Å². The highest BCUT2D eigenvalue weighted by atomic mass is 16.7. The molecule has 12 heteroatoms. The van der Waals surface area contributed by atoms with Crippen LogP contribution in [0.1, 0.15) is 79.7 Å². The van der Waals surface area contributed by atoms with Crippen molar-refractivity contribution in [1.82, 2.24) is 0 Å². The lowest BCUT2D eigenvalue weighted by molar-refractivity contribution is -0.268. The minimum absolute atomic E-state index is 0.0193. The Hall–Kier alpha value is -5.21. The number of esters is 1. The fraction of sp³-hybridized carbons (Fsp3) is 0.237. The Morgan fingerprint density at radius 2 is 1.58 bits per heavy atom. The van der Waals surface area contributed by atoms with Gasteiger partial charge in [-0.05, 0) is 47.9 Å². The largest absolute Gasteiger partial charge is 0.507 e. The van der Waals surface area contributed by atoms with E-state index in [2.05, 4.69) is 0 Å². The number of carbonyl (C=O) groups is 3. The first-order valence-corrected chi connectivity index (χ1v) is 15.9. The van der Waals surface area contributed by atoms with Gasteiger partial charge in [-0.25, -0.2) is 0 Å². The number of rotatable bonds is 8. The summed E-state index contributed by atoms with van der Waals surface area (Å²) in [5.41, 5.74) is 13.4. The van der Waals surface area contributed by atoms with Crippen LogP contribution in [0.2, 0.25) is 0 Å². The molecule has 1 aliphatic carbocycles. The number of phenols is 1. The number of hydrogen-bond donors (Lipinski definition) is 6. The van der Waals surface area contributed by atoms with E-state index < -0.39 is 60.2 Å². The van der Waals surface area contributed by atoms with Gasteiger partial charge in [0.25, 0.3) is 0 Å². The van der Waals surface area contributed by atoms with E-state index >= 15 is 0 Å². The smallest absolute Gasteiger partial charge is 0.308 e. The summed E-state index contributed by atoms with van der Waals surface area (Å²) in [5, 5.41) is 43.3. The topological polar surface area (TPSA) is 212 Å². The molecule has 2 aliphatic rings. The van der Waals surface area contributed by atoms with Crippen molar-refractivity contribution in [2.45, 2.75) is 57.1 Å². The summed E-state index contributed by atoms with van der Waals surface area (Å²) in [6.07, 6.45) is -4.80. The normalized spacial score (nSPS) is 21.6. The summed E-state index contributed by atoms with van der Waals surface area (Å²) in [5.74, 6) is -2.61. The summed E-state index contributed by atoms with van der Waals surface area (Å²) in [6.45, 7) is 2.69. The molecule has 5 atom stereocenters. The van der Waals surface area contributed by atoms with Crippen LogP contribution in [0.25, 0.3) is 12.2 Å². The molecular weight excluding hydrogens is 644 g/mol. The van der Waals surface area contributed by atoms with Crippen molar-refractivity contribution in [3.8, 4) is 17.2 Å². The maximum Gasteiger partial charge on any atom is 0.308 e. The first kappa shape index (κ1) is 34.6. The van der Waals surface area contributed by atoms with Crippen LogP contribution >= 0.6 is 0 Å². The molecule has 6 rings (SSSR count). The number of ether oxygens (including phenoxy) is 3. The fourth-order valence-electron chi connectivity index (χ4n) is 6.18. The third kappa shape index (κ3) is 6.55. The summed E-state index contributed by atoms with van der Waals surface area (Å²) >= 11 is 0. The van der Waals surface area contributed by atoms with Crippen molar-refractivity contribution in [3.63, 3.8) is 0 Å². The van der Waals surface area contributed by atoms with Crippen molar-refractivity contribution >= 4 is 29.7 Å². The van der Waals surface area contributed by atoms with Gasteiger partial charge in [0.1, 0.15) is 35.6 Å². The van der Waals surface area contributed by atoms with Crippen molar-refractivity contribution in [3.05, 3.63) is 123 Å². The second-order valence-corrected chi connectivity index (χ2v) is 12.3. The molecule has 0 saturated carbocycles. The Morgan fingerprint density at radius 1 is 0.860 bits per heavy atom. The molecule has 12 nitrogen and oxygen atoms in total. The fourth-order valence-corrected chi connectivity index (χ4v) is 6.18. The SMILES string of the molecule is CC(=O)Oc1ccc2c(c1/C=C/c1ccccc1)C(=O)c1cc(O[C@H]3O[C@@H](C)[C@@H](O)[C@@H](O)[C@H]3O)c(Cc3cccc(C(N)N)c3)c(O)c1C2=O. The summed E-state index contributed by atoms with van der Waals surface area (Å²) in [6, 6.07) is 20.1. The zero-order valence-electron chi connectivity index (χ0n) is 27.1. The van der Waals surface area contributed by atoms with Gasteiger partial charge in [-0.2, -0.15) is 0 Å². The van der Waals surface area contributed by atoms with Gasteiger partial charge in [0.05, 0.1) is 17.8 Å². The van der Waals surface area contributed by atoms with Crippen LogP contribution in [0.5, 0.6) is 17.2 Å². The number of benzene rings is 4. The first-order chi connectivity index (χ1) is 23.8. The third-order valence-corrected chi connectivity index (χ3v) is 8.78. The van der Waals surface area contributed by atoms with E-state index in [1.807, 2.05) is 30.3 Å². The number of fused-ring (bicyclic) bond motifs is 2. The number of aliphatic hydroxyl groups excluding tert-OH is 3. The number of ketones is 2. The van der Waals surface area contributed by atoms with Crippen molar-refractivity contribution < 1.29 is 49.0 Å². The monoisotopic (exact) mass is 680 g/mol. The van der Waals surface area contributed by atoms with Crippen LogP contribution in [-0.4, -0.2) is 68.7 Å². The second kappa shape index (κ2) is 14.0. The lowest BCUT2D eigenvalue weighted by atomic mass is 9.79. The molecule has 50 heavy (non-hydrogen) atoms. The Morgan fingerprint density at radius 3 is 2.28 bits per heavy atom. The molecule has 1 saturated heterocycles. The maximum atomic E-state index is 14.4. The van der Waals surface area contributed by atoms with Crippen LogP contribution in [0.4, 0.5) is 0 Å². The van der Waals surface area contributed by atoms with Gasteiger partial charge in [-0.3, -0.25) is 14.4 Å². The number of hydrogen-bond acceptors (Lipinski definition) is 12. The number of aromatic hydroxyl groups is 1. The molecule has 4 aromatic rings. The highest BCUT2D eigenvalue weighted by molar-refractivity contribution is 6.31. The van der Waals surface area contributed by atoms with E-state index in [4.69, 9.17) is 25.7 Å². The summed E-state index contributed by atoms with van der Waals surface area (Å²) < 4.78 is 17.2. The van der Waals surface area contributed by atoms with Crippen molar-refractivity contribution in [2.75, 3.05) is 0 Å². The number of phenolic OH excluding ortho intramolecular Hbond substituents is 1. The molecule has 0 bridgehead atoms. The lowest BCUT2D eigenvalue weighted by Crippen LogP contribution is -2.58. The third-order valence-electron chi connectivity index (χ3n) is 8.78. The molecule has 0 amide bonds. The van der Waals surface area contributed by atoms with E-state index in [0.29, 0.717) is 11.1 Å². The number of nitrogens with two attached hydrogens (primary N) is 2.